The number of benzene rings is 1. The van der Waals surface area contributed by atoms with E-state index in [1.807, 2.05) is 30.3 Å². The summed E-state index contributed by atoms with van der Waals surface area (Å²) in [6, 6.07) is 11.8. The normalized spacial score (nSPS) is 13.8. The monoisotopic (exact) mass is 336 g/mol. The Morgan fingerprint density at radius 2 is 2.00 bits per heavy atom. The molecule has 1 amide bonds. The van der Waals surface area contributed by atoms with Crippen molar-refractivity contribution in [1.29, 1.82) is 0 Å². The highest BCUT2D eigenvalue weighted by atomic mass is 16.1. The molecule has 1 aromatic carbocycles. The molecule has 2 aromatic rings. The summed E-state index contributed by atoms with van der Waals surface area (Å²) in [6.07, 6.45) is 9.55. The number of carbonyl (C=O) groups is 1. The molecule has 0 spiro atoms. The van der Waals surface area contributed by atoms with Gasteiger partial charge in [-0.1, -0.05) is 42.0 Å². The standard InChI is InChI=1S/C20H24N4O/c25-20(21-12-11-16-7-3-1-4-8-16)18-13-19(24-15-23-18)22-14-17-9-5-2-6-10-17/h2,5-7,9-10,13,15H,1,3-4,8,11-12,14H2,(H,21,25)(H,22,23,24). The van der Waals surface area contributed by atoms with Gasteiger partial charge in [-0.25, -0.2) is 9.97 Å². The summed E-state index contributed by atoms with van der Waals surface area (Å²) in [7, 11) is 0. The average molecular weight is 336 g/mol. The third kappa shape index (κ3) is 5.41. The number of amides is 1. The lowest BCUT2D eigenvalue weighted by atomic mass is 9.97. The van der Waals surface area contributed by atoms with Gasteiger partial charge in [0.25, 0.3) is 5.91 Å². The molecular formula is C20H24N4O. The molecule has 5 heteroatoms. The zero-order valence-corrected chi connectivity index (χ0v) is 14.4. The number of hydrogen-bond donors (Lipinski definition) is 2. The maximum atomic E-state index is 12.3. The van der Waals surface area contributed by atoms with E-state index in [1.54, 1.807) is 6.07 Å². The molecular weight excluding hydrogens is 312 g/mol. The van der Waals surface area contributed by atoms with Crippen LogP contribution >= 0.6 is 0 Å². The lowest BCUT2D eigenvalue weighted by molar-refractivity contribution is 0.0949. The van der Waals surface area contributed by atoms with E-state index in [-0.39, 0.29) is 5.91 Å². The Morgan fingerprint density at radius 3 is 2.80 bits per heavy atom. The molecule has 2 N–H and O–H groups in total. The Kier molecular flexibility index (Phi) is 6.15. The third-order valence-electron chi connectivity index (χ3n) is 4.33. The highest BCUT2D eigenvalue weighted by molar-refractivity contribution is 5.92. The summed E-state index contributed by atoms with van der Waals surface area (Å²) in [5, 5.41) is 6.17. The second kappa shape index (κ2) is 8.97. The average Bonchev–Trinajstić information content (AvgIpc) is 2.68. The zero-order chi connectivity index (χ0) is 17.3. The van der Waals surface area contributed by atoms with E-state index in [0.717, 1.165) is 18.4 Å². The number of allylic oxidation sites excluding steroid dienone is 1. The fourth-order valence-corrected chi connectivity index (χ4v) is 2.93. The number of aromatic nitrogens is 2. The van der Waals surface area contributed by atoms with Gasteiger partial charge < -0.3 is 10.6 Å². The van der Waals surface area contributed by atoms with E-state index < -0.39 is 0 Å². The highest BCUT2D eigenvalue weighted by Crippen LogP contribution is 2.19. The molecule has 0 saturated heterocycles. The third-order valence-corrected chi connectivity index (χ3v) is 4.33. The fraction of sp³-hybridized carbons (Fsp3) is 0.350. The van der Waals surface area contributed by atoms with Crippen LogP contribution in [0.5, 0.6) is 0 Å². The predicted octanol–water partition coefficient (Wildman–Crippen LogP) is 3.71. The molecule has 0 fully saturated rings. The van der Waals surface area contributed by atoms with Gasteiger partial charge in [-0.05, 0) is 37.7 Å². The molecule has 25 heavy (non-hydrogen) atoms. The van der Waals surface area contributed by atoms with Crippen LogP contribution < -0.4 is 10.6 Å². The first-order chi connectivity index (χ1) is 12.3. The van der Waals surface area contributed by atoms with Crippen LogP contribution in [0, 0.1) is 0 Å². The molecule has 5 nitrogen and oxygen atoms in total. The lowest BCUT2D eigenvalue weighted by Gasteiger charge is -2.13. The van der Waals surface area contributed by atoms with Gasteiger partial charge in [0.05, 0.1) is 0 Å². The Hall–Kier alpha value is -2.69. The molecule has 0 atom stereocenters. The maximum absolute atomic E-state index is 12.3. The van der Waals surface area contributed by atoms with Gasteiger partial charge >= 0.3 is 0 Å². The largest absolute Gasteiger partial charge is 0.366 e. The van der Waals surface area contributed by atoms with Crippen LogP contribution in [0.3, 0.4) is 0 Å². The zero-order valence-electron chi connectivity index (χ0n) is 14.4. The van der Waals surface area contributed by atoms with E-state index >= 15 is 0 Å². The minimum Gasteiger partial charge on any atom is -0.366 e. The number of nitrogens with zero attached hydrogens (tertiary/aromatic N) is 2. The quantitative estimate of drug-likeness (QED) is 0.757. The van der Waals surface area contributed by atoms with Crippen LogP contribution in [0.25, 0.3) is 0 Å². The van der Waals surface area contributed by atoms with Crippen molar-refractivity contribution in [2.24, 2.45) is 0 Å². The summed E-state index contributed by atoms with van der Waals surface area (Å²) >= 11 is 0. The van der Waals surface area contributed by atoms with Crippen LogP contribution in [-0.2, 0) is 6.54 Å². The molecule has 3 rings (SSSR count). The summed E-state index contributed by atoms with van der Waals surface area (Å²) in [6.45, 7) is 1.31. The molecule has 1 heterocycles. The number of rotatable bonds is 7. The predicted molar refractivity (Wildman–Crippen MR) is 99.3 cm³/mol. The first-order valence-corrected chi connectivity index (χ1v) is 8.87. The second-order valence-corrected chi connectivity index (χ2v) is 6.24. The van der Waals surface area contributed by atoms with E-state index in [1.165, 1.54) is 31.2 Å². The molecule has 0 radical (unpaired) electrons. The molecule has 0 saturated carbocycles. The summed E-state index contributed by atoms with van der Waals surface area (Å²) in [5.74, 6) is 0.501. The SMILES string of the molecule is O=C(NCCC1=CCCCC1)c1cc(NCc2ccccc2)ncn1. The van der Waals surface area contributed by atoms with Gasteiger partial charge in [0, 0.05) is 19.2 Å². The molecule has 0 aliphatic heterocycles. The maximum Gasteiger partial charge on any atom is 0.270 e. The number of carbonyl (C=O) groups excluding carboxylic acids is 1. The molecule has 0 bridgehead atoms. The van der Waals surface area contributed by atoms with Crippen molar-refractivity contribution in [2.45, 2.75) is 38.6 Å². The highest BCUT2D eigenvalue weighted by Gasteiger charge is 2.09. The molecule has 130 valence electrons. The van der Waals surface area contributed by atoms with E-state index in [9.17, 15) is 4.79 Å². The van der Waals surface area contributed by atoms with Gasteiger partial charge in [0.1, 0.15) is 17.8 Å². The van der Waals surface area contributed by atoms with Crippen LogP contribution in [0.2, 0.25) is 0 Å². The van der Waals surface area contributed by atoms with E-state index in [0.29, 0.717) is 24.6 Å². The lowest BCUT2D eigenvalue weighted by Crippen LogP contribution is -2.26. The van der Waals surface area contributed by atoms with Gasteiger partial charge in [-0.2, -0.15) is 0 Å². The molecule has 1 aliphatic rings. The number of hydrogen-bond acceptors (Lipinski definition) is 4. The van der Waals surface area contributed by atoms with Crippen LogP contribution in [-0.4, -0.2) is 22.4 Å². The van der Waals surface area contributed by atoms with Crippen molar-refractivity contribution in [2.75, 3.05) is 11.9 Å². The first kappa shape index (κ1) is 17.1. The minimum atomic E-state index is -0.151. The smallest absolute Gasteiger partial charge is 0.270 e. The van der Waals surface area contributed by atoms with Crippen molar-refractivity contribution in [3.63, 3.8) is 0 Å². The molecule has 1 aliphatic carbocycles. The molecule has 0 unspecified atom stereocenters. The summed E-state index contributed by atoms with van der Waals surface area (Å²) in [4.78, 5) is 20.5. The van der Waals surface area contributed by atoms with Gasteiger partial charge in [-0.15, -0.1) is 0 Å². The van der Waals surface area contributed by atoms with Crippen LogP contribution in [0.1, 0.15) is 48.2 Å². The van der Waals surface area contributed by atoms with Crippen LogP contribution in [0.4, 0.5) is 5.82 Å². The Morgan fingerprint density at radius 1 is 1.12 bits per heavy atom. The topological polar surface area (TPSA) is 66.9 Å². The molecule has 1 aromatic heterocycles. The van der Waals surface area contributed by atoms with Crippen LogP contribution in [0.15, 0.2) is 54.4 Å². The Balaban J connectivity index is 1.49. The van der Waals surface area contributed by atoms with Gasteiger partial charge in [0.2, 0.25) is 0 Å². The Labute approximate surface area is 148 Å². The van der Waals surface area contributed by atoms with Crippen molar-refractivity contribution < 1.29 is 4.79 Å². The van der Waals surface area contributed by atoms with Crippen molar-refractivity contribution >= 4 is 11.7 Å². The van der Waals surface area contributed by atoms with Gasteiger partial charge in [0.15, 0.2) is 0 Å². The van der Waals surface area contributed by atoms with E-state index in [2.05, 4.69) is 26.7 Å². The van der Waals surface area contributed by atoms with Gasteiger partial charge in [-0.3, -0.25) is 4.79 Å². The number of nitrogens with one attached hydrogen (secondary N) is 2. The van der Waals surface area contributed by atoms with Crippen molar-refractivity contribution in [1.82, 2.24) is 15.3 Å². The van der Waals surface area contributed by atoms with E-state index in [4.69, 9.17) is 0 Å². The fourth-order valence-electron chi connectivity index (χ4n) is 2.93. The van der Waals surface area contributed by atoms with Crippen molar-refractivity contribution in [3.8, 4) is 0 Å². The second-order valence-electron chi connectivity index (χ2n) is 6.24. The van der Waals surface area contributed by atoms with Crippen molar-refractivity contribution in [3.05, 3.63) is 65.6 Å². The summed E-state index contributed by atoms with van der Waals surface area (Å²) in [5.41, 5.74) is 3.01. The Bertz CT molecular complexity index is 727. The number of anilines is 1. The minimum absolute atomic E-state index is 0.151. The summed E-state index contributed by atoms with van der Waals surface area (Å²) < 4.78 is 0. The first-order valence-electron chi connectivity index (χ1n) is 8.87.